The lowest BCUT2D eigenvalue weighted by Crippen LogP contribution is -2.24. The van der Waals surface area contributed by atoms with Crippen LogP contribution in [0.1, 0.15) is 40.0 Å². The Balaban J connectivity index is 0.000000262. The minimum Gasteiger partial charge on any atom is -0.393 e. The van der Waals surface area contributed by atoms with Crippen LogP contribution >= 0.6 is 0 Å². The molecular weight excluding hydrogens is 194 g/mol. The first-order valence-corrected chi connectivity index (χ1v) is 5.37. The molecule has 4 heteroatoms. The SMILES string of the molecule is CC(O)CC(C)(C)O.CN1CCCC1=O. The molecule has 0 aliphatic carbocycles. The zero-order valence-corrected chi connectivity index (χ0v) is 10.2. The van der Waals surface area contributed by atoms with Crippen molar-refractivity contribution in [3.8, 4) is 0 Å². The number of hydrogen-bond acceptors (Lipinski definition) is 3. The number of carbonyl (C=O) groups is 1. The summed E-state index contributed by atoms with van der Waals surface area (Å²) in [6.45, 7) is 5.98. The van der Waals surface area contributed by atoms with Crippen molar-refractivity contribution in [2.75, 3.05) is 13.6 Å². The average Bonchev–Trinajstić information content (AvgIpc) is 2.31. The molecule has 0 radical (unpaired) electrons. The van der Waals surface area contributed by atoms with Crippen LogP contribution in [0.4, 0.5) is 0 Å². The molecule has 1 aliphatic heterocycles. The summed E-state index contributed by atoms with van der Waals surface area (Å²) in [5, 5.41) is 17.8. The van der Waals surface area contributed by atoms with E-state index in [1.54, 1.807) is 25.7 Å². The third-order valence-electron chi connectivity index (χ3n) is 2.10. The summed E-state index contributed by atoms with van der Waals surface area (Å²) in [6.07, 6.45) is 1.84. The molecule has 1 amide bonds. The van der Waals surface area contributed by atoms with E-state index in [1.807, 2.05) is 7.05 Å². The van der Waals surface area contributed by atoms with E-state index < -0.39 is 11.7 Å². The maximum absolute atomic E-state index is 10.5. The predicted octanol–water partition coefficient (Wildman–Crippen LogP) is 0.767. The summed E-state index contributed by atoms with van der Waals surface area (Å²) in [4.78, 5) is 12.3. The highest BCUT2D eigenvalue weighted by Crippen LogP contribution is 2.09. The van der Waals surface area contributed by atoms with Gasteiger partial charge in [0.2, 0.25) is 5.91 Å². The third kappa shape index (κ3) is 8.39. The lowest BCUT2D eigenvalue weighted by molar-refractivity contribution is -0.126. The smallest absolute Gasteiger partial charge is 0.222 e. The van der Waals surface area contributed by atoms with Gasteiger partial charge in [0.25, 0.3) is 0 Å². The molecule has 1 aliphatic rings. The van der Waals surface area contributed by atoms with Crippen LogP contribution < -0.4 is 0 Å². The predicted molar refractivity (Wildman–Crippen MR) is 59.5 cm³/mol. The van der Waals surface area contributed by atoms with Gasteiger partial charge in [-0.15, -0.1) is 0 Å². The average molecular weight is 217 g/mol. The van der Waals surface area contributed by atoms with Crippen LogP contribution in [0.25, 0.3) is 0 Å². The van der Waals surface area contributed by atoms with Gasteiger partial charge in [-0.1, -0.05) is 0 Å². The van der Waals surface area contributed by atoms with E-state index in [0.29, 0.717) is 12.3 Å². The van der Waals surface area contributed by atoms with Gasteiger partial charge in [-0.05, 0) is 27.2 Å². The van der Waals surface area contributed by atoms with Gasteiger partial charge in [0.05, 0.1) is 11.7 Å². The molecule has 1 unspecified atom stereocenters. The van der Waals surface area contributed by atoms with Crippen molar-refractivity contribution in [2.45, 2.75) is 51.7 Å². The molecule has 0 bridgehead atoms. The van der Waals surface area contributed by atoms with E-state index in [-0.39, 0.29) is 0 Å². The minimum absolute atomic E-state index is 0.292. The molecule has 0 aromatic rings. The lowest BCUT2D eigenvalue weighted by Gasteiger charge is -2.17. The van der Waals surface area contributed by atoms with Gasteiger partial charge in [0.15, 0.2) is 0 Å². The van der Waals surface area contributed by atoms with E-state index >= 15 is 0 Å². The highest BCUT2D eigenvalue weighted by Gasteiger charge is 2.14. The molecule has 1 saturated heterocycles. The summed E-state index contributed by atoms with van der Waals surface area (Å²) < 4.78 is 0. The Bertz CT molecular complexity index is 196. The van der Waals surface area contributed by atoms with E-state index in [4.69, 9.17) is 10.2 Å². The first-order chi connectivity index (χ1) is 6.72. The van der Waals surface area contributed by atoms with E-state index in [9.17, 15) is 4.79 Å². The molecule has 15 heavy (non-hydrogen) atoms. The maximum atomic E-state index is 10.5. The van der Waals surface area contributed by atoms with Gasteiger partial charge in [0.1, 0.15) is 0 Å². The summed E-state index contributed by atoms with van der Waals surface area (Å²) in [7, 11) is 1.84. The monoisotopic (exact) mass is 217 g/mol. The van der Waals surface area contributed by atoms with Crippen LogP contribution in [0.2, 0.25) is 0 Å². The lowest BCUT2D eigenvalue weighted by atomic mass is 10.0. The molecule has 4 nitrogen and oxygen atoms in total. The van der Waals surface area contributed by atoms with Crippen LogP contribution in [0, 0.1) is 0 Å². The molecule has 1 heterocycles. The van der Waals surface area contributed by atoms with Crippen LogP contribution in [-0.4, -0.2) is 46.3 Å². The van der Waals surface area contributed by atoms with Crippen LogP contribution in [0.15, 0.2) is 0 Å². The Hall–Kier alpha value is -0.610. The highest BCUT2D eigenvalue weighted by molar-refractivity contribution is 5.77. The molecule has 0 aromatic heterocycles. The largest absolute Gasteiger partial charge is 0.393 e. The number of aliphatic hydroxyl groups is 2. The Morgan fingerprint density at radius 2 is 2.07 bits per heavy atom. The normalized spacial score (nSPS) is 18.5. The van der Waals surface area contributed by atoms with Gasteiger partial charge in [-0.3, -0.25) is 4.79 Å². The van der Waals surface area contributed by atoms with Crippen LogP contribution in [-0.2, 0) is 4.79 Å². The Morgan fingerprint density at radius 3 is 2.13 bits per heavy atom. The number of rotatable bonds is 2. The van der Waals surface area contributed by atoms with Gasteiger partial charge in [0, 0.05) is 26.4 Å². The second kappa shape index (κ2) is 6.08. The summed E-state index contributed by atoms with van der Waals surface area (Å²) in [6, 6.07) is 0. The van der Waals surface area contributed by atoms with Crippen molar-refractivity contribution < 1.29 is 15.0 Å². The first kappa shape index (κ1) is 14.4. The van der Waals surface area contributed by atoms with E-state index in [1.165, 1.54) is 0 Å². The Kier molecular flexibility index (Phi) is 5.83. The zero-order chi connectivity index (χ0) is 12.1. The number of likely N-dealkylation sites (tertiary alicyclic amines) is 1. The number of nitrogens with zero attached hydrogens (tertiary/aromatic N) is 1. The molecule has 1 rings (SSSR count). The molecule has 0 spiro atoms. The van der Waals surface area contributed by atoms with Crippen molar-refractivity contribution in [3.05, 3.63) is 0 Å². The standard InChI is InChI=1S/C6H14O2.C5H9NO/c1-5(7)4-6(2,3)8;1-6-4-2-3-5(6)7/h5,7-8H,4H2,1-3H3;2-4H2,1H3. The third-order valence-corrected chi connectivity index (χ3v) is 2.10. The van der Waals surface area contributed by atoms with Crippen molar-refractivity contribution in [3.63, 3.8) is 0 Å². The Labute approximate surface area is 91.9 Å². The van der Waals surface area contributed by atoms with Gasteiger partial charge >= 0.3 is 0 Å². The number of carbonyl (C=O) groups excluding carboxylic acids is 1. The number of aliphatic hydroxyl groups excluding tert-OH is 1. The fourth-order valence-electron chi connectivity index (χ4n) is 1.51. The molecule has 2 N–H and O–H groups in total. The van der Waals surface area contributed by atoms with Crippen molar-refractivity contribution >= 4 is 5.91 Å². The van der Waals surface area contributed by atoms with Gasteiger partial charge in [-0.2, -0.15) is 0 Å². The van der Waals surface area contributed by atoms with Gasteiger partial charge < -0.3 is 15.1 Å². The number of amides is 1. The fraction of sp³-hybridized carbons (Fsp3) is 0.909. The molecule has 0 aromatic carbocycles. The van der Waals surface area contributed by atoms with Crippen molar-refractivity contribution in [1.82, 2.24) is 4.90 Å². The summed E-state index contributed by atoms with van der Waals surface area (Å²) in [5.41, 5.74) is -0.728. The number of hydrogen-bond donors (Lipinski definition) is 2. The fourth-order valence-corrected chi connectivity index (χ4v) is 1.51. The second-order valence-electron chi connectivity index (χ2n) is 4.78. The van der Waals surface area contributed by atoms with Crippen LogP contribution in [0.5, 0.6) is 0 Å². The molecular formula is C11H23NO3. The highest BCUT2D eigenvalue weighted by atomic mass is 16.3. The minimum atomic E-state index is -0.728. The van der Waals surface area contributed by atoms with Crippen molar-refractivity contribution in [2.24, 2.45) is 0 Å². The molecule has 1 fully saturated rings. The zero-order valence-electron chi connectivity index (χ0n) is 10.2. The van der Waals surface area contributed by atoms with Gasteiger partial charge in [-0.25, -0.2) is 0 Å². The Morgan fingerprint density at radius 1 is 1.53 bits per heavy atom. The van der Waals surface area contributed by atoms with E-state index in [2.05, 4.69) is 0 Å². The second-order valence-corrected chi connectivity index (χ2v) is 4.78. The summed E-state index contributed by atoms with van der Waals surface area (Å²) in [5.74, 6) is 0.292. The van der Waals surface area contributed by atoms with Crippen LogP contribution in [0.3, 0.4) is 0 Å². The van der Waals surface area contributed by atoms with Crippen molar-refractivity contribution in [1.29, 1.82) is 0 Å². The summed E-state index contributed by atoms with van der Waals surface area (Å²) >= 11 is 0. The molecule has 90 valence electrons. The molecule has 0 saturated carbocycles. The van der Waals surface area contributed by atoms with E-state index in [0.717, 1.165) is 19.4 Å². The first-order valence-electron chi connectivity index (χ1n) is 5.37. The topological polar surface area (TPSA) is 60.8 Å². The molecule has 1 atom stereocenters. The quantitative estimate of drug-likeness (QED) is 0.718. The maximum Gasteiger partial charge on any atom is 0.222 e.